The van der Waals surface area contributed by atoms with Crippen molar-refractivity contribution >= 4 is 17.7 Å². The highest BCUT2D eigenvalue weighted by atomic mass is 32.2. The lowest BCUT2D eigenvalue weighted by atomic mass is 9.99. The van der Waals surface area contributed by atoms with Crippen LogP contribution >= 0.6 is 11.8 Å². The fourth-order valence-corrected chi connectivity index (χ4v) is 4.18. The number of carboxylic acid groups (broad SMARTS) is 1. The van der Waals surface area contributed by atoms with E-state index in [1.165, 1.54) is 36.7 Å². The molecule has 0 amide bonds. The van der Waals surface area contributed by atoms with Crippen LogP contribution in [0.4, 0.5) is 4.39 Å². The molecule has 6 heteroatoms. The second-order valence-electron chi connectivity index (χ2n) is 8.03. The second kappa shape index (κ2) is 13.2. The third-order valence-electron chi connectivity index (χ3n) is 5.09. The van der Waals surface area contributed by atoms with Crippen LogP contribution in [-0.2, 0) is 12.2 Å². The monoisotopic (exact) mass is 460 g/mol. The average Bonchev–Trinajstić information content (AvgIpc) is 2.74. The van der Waals surface area contributed by atoms with Crippen molar-refractivity contribution in [3.63, 3.8) is 0 Å². The molecule has 0 bridgehead atoms. The van der Waals surface area contributed by atoms with Crippen molar-refractivity contribution in [3.05, 3.63) is 64.5 Å². The summed E-state index contributed by atoms with van der Waals surface area (Å²) in [6, 6.07) is 7.77. The molecule has 0 aliphatic carbocycles. The second-order valence-corrected chi connectivity index (χ2v) is 9.08. The predicted molar refractivity (Wildman–Crippen MR) is 128 cm³/mol. The van der Waals surface area contributed by atoms with E-state index in [9.17, 15) is 19.4 Å². The van der Waals surface area contributed by atoms with E-state index in [4.69, 9.17) is 4.74 Å². The topological polar surface area (TPSA) is 66.8 Å². The van der Waals surface area contributed by atoms with Crippen molar-refractivity contribution in [1.82, 2.24) is 0 Å². The molecule has 0 aliphatic heterocycles. The van der Waals surface area contributed by atoms with E-state index >= 15 is 0 Å². The number of unbranched alkanes of at least 4 members (excludes halogenated alkanes) is 4. The zero-order valence-electron chi connectivity index (χ0n) is 19.1. The summed E-state index contributed by atoms with van der Waals surface area (Å²) in [5.41, 5.74) is 1.94. The highest BCUT2D eigenvalue weighted by Gasteiger charge is 2.23. The minimum absolute atomic E-state index is 0.105. The van der Waals surface area contributed by atoms with E-state index in [0.29, 0.717) is 35.7 Å². The van der Waals surface area contributed by atoms with E-state index in [1.54, 1.807) is 18.2 Å². The fraction of sp³-hybridized carbons (Fsp3) is 0.423. The van der Waals surface area contributed by atoms with Crippen LogP contribution in [0.15, 0.2) is 46.9 Å². The predicted octanol–water partition coefficient (Wildman–Crippen LogP) is 7.38. The Kier molecular flexibility index (Phi) is 10.6. The SMILES string of the molecule is CCCCCCCOc1cc(CSc2ccc(F)cc2)c(C(=O)O)c(O)c1CC=C(C)C. The number of hydrogen-bond acceptors (Lipinski definition) is 4. The first-order valence-electron chi connectivity index (χ1n) is 11.1. The van der Waals surface area contributed by atoms with Crippen LogP contribution in [-0.4, -0.2) is 22.8 Å². The molecule has 0 saturated carbocycles. The quantitative estimate of drug-likeness (QED) is 0.185. The molecule has 0 radical (unpaired) electrons. The van der Waals surface area contributed by atoms with Crippen LogP contribution in [0.1, 0.15) is 74.4 Å². The van der Waals surface area contributed by atoms with E-state index in [2.05, 4.69) is 6.92 Å². The van der Waals surface area contributed by atoms with Gasteiger partial charge in [-0.2, -0.15) is 0 Å². The molecule has 0 spiro atoms. The molecule has 0 atom stereocenters. The molecule has 174 valence electrons. The molecule has 32 heavy (non-hydrogen) atoms. The normalized spacial score (nSPS) is 10.8. The van der Waals surface area contributed by atoms with Crippen molar-refractivity contribution in [3.8, 4) is 11.5 Å². The smallest absolute Gasteiger partial charge is 0.339 e. The summed E-state index contributed by atoms with van der Waals surface area (Å²) in [5, 5.41) is 20.7. The number of phenols is 1. The number of ether oxygens (including phenoxy) is 1. The van der Waals surface area contributed by atoms with Crippen LogP contribution in [0, 0.1) is 5.82 Å². The van der Waals surface area contributed by atoms with Gasteiger partial charge in [-0.25, -0.2) is 9.18 Å². The Morgan fingerprint density at radius 3 is 2.44 bits per heavy atom. The van der Waals surface area contributed by atoms with Gasteiger partial charge >= 0.3 is 5.97 Å². The van der Waals surface area contributed by atoms with E-state index in [-0.39, 0.29) is 17.1 Å². The number of aromatic carboxylic acids is 1. The van der Waals surface area contributed by atoms with Gasteiger partial charge in [-0.1, -0.05) is 44.3 Å². The zero-order valence-corrected chi connectivity index (χ0v) is 19.9. The van der Waals surface area contributed by atoms with Crippen molar-refractivity contribution in [2.75, 3.05) is 6.61 Å². The summed E-state index contributed by atoms with van der Waals surface area (Å²) < 4.78 is 19.2. The fourth-order valence-electron chi connectivity index (χ4n) is 3.30. The Morgan fingerprint density at radius 2 is 1.81 bits per heavy atom. The first kappa shape index (κ1) is 25.8. The summed E-state index contributed by atoms with van der Waals surface area (Å²) >= 11 is 1.38. The third kappa shape index (κ3) is 7.90. The number of aromatic hydroxyl groups is 1. The Morgan fingerprint density at radius 1 is 1.12 bits per heavy atom. The minimum atomic E-state index is -1.18. The Balaban J connectivity index is 2.31. The number of carboxylic acids is 1. The van der Waals surface area contributed by atoms with E-state index in [0.717, 1.165) is 29.7 Å². The van der Waals surface area contributed by atoms with Crippen LogP contribution in [0.5, 0.6) is 11.5 Å². The van der Waals surface area contributed by atoms with Gasteiger partial charge in [-0.3, -0.25) is 0 Å². The number of halogens is 1. The van der Waals surface area contributed by atoms with Crippen molar-refractivity contribution < 1.29 is 24.1 Å². The van der Waals surface area contributed by atoms with Gasteiger partial charge < -0.3 is 14.9 Å². The lowest BCUT2D eigenvalue weighted by Crippen LogP contribution is -2.08. The number of hydrogen-bond donors (Lipinski definition) is 2. The Hall–Kier alpha value is -2.47. The van der Waals surface area contributed by atoms with Gasteiger partial charge in [-0.15, -0.1) is 11.8 Å². The zero-order chi connectivity index (χ0) is 23.5. The van der Waals surface area contributed by atoms with Crippen LogP contribution in [0.25, 0.3) is 0 Å². The summed E-state index contributed by atoms with van der Waals surface area (Å²) in [7, 11) is 0. The van der Waals surface area contributed by atoms with Gasteiger partial charge in [0.15, 0.2) is 0 Å². The molecule has 2 aromatic rings. The molecule has 0 aliphatic rings. The lowest BCUT2D eigenvalue weighted by molar-refractivity contribution is 0.0692. The van der Waals surface area contributed by atoms with Crippen molar-refractivity contribution in [2.24, 2.45) is 0 Å². The van der Waals surface area contributed by atoms with Crippen LogP contribution in [0.3, 0.4) is 0 Å². The van der Waals surface area contributed by atoms with Gasteiger partial charge in [-0.05, 0) is 62.6 Å². The summed E-state index contributed by atoms with van der Waals surface area (Å²) in [5.74, 6) is -0.905. The van der Waals surface area contributed by atoms with E-state index in [1.807, 2.05) is 19.9 Å². The molecular formula is C26H33FO4S. The Bertz CT molecular complexity index is 918. The molecular weight excluding hydrogens is 427 g/mol. The number of allylic oxidation sites excluding steroid dienone is 2. The first-order valence-corrected chi connectivity index (χ1v) is 12.1. The van der Waals surface area contributed by atoms with E-state index < -0.39 is 5.97 Å². The molecule has 2 rings (SSSR count). The van der Waals surface area contributed by atoms with Crippen LogP contribution < -0.4 is 4.74 Å². The maximum atomic E-state index is 13.2. The molecule has 0 fully saturated rings. The van der Waals surface area contributed by atoms with Crippen LogP contribution in [0.2, 0.25) is 0 Å². The standard InChI is InChI=1S/C26H33FO4S/c1-4-5-6-7-8-15-31-23-16-19(17-32-21-12-10-20(27)11-13-21)24(26(29)30)25(28)22(23)14-9-18(2)3/h9-13,16,28H,4-8,14-15,17H2,1-3H3,(H,29,30). The van der Waals surface area contributed by atoms with Gasteiger partial charge in [0.05, 0.1) is 6.61 Å². The third-order valence-corrected chi connectivity index (χ3v) is 6.15. The van der Waals surface area contributed by atoms with Gasteiger partial charge in [0.1, 0.15) is 22.9 Å². The molecule has 4 nitrogen and oxygen atoms in total. The number of thioether (sulfide) groups is 1. The lowest BCUT2D eigenvalue weighted by Gasteiger charge is -2.17. The highest BCUT2D eigenvalue weighted by Crippen LogP contribution is 2.38. The molecule has 0 aromatic heterocycles. The van der Waals surface area contributed by atoms with Gasteiger partial charge in [0.25, 0.3) is 0 Å². The number of benzene rings is 2. The maximum Gasteiger partial charge on any atom is 0.339 e. The highest BCUT2D eigenvalue weighted by molar-refractivity contribution is 7.98. The largest absolute Gasteiger partial charge is 0.507 e. The van der Waals surface area contributed by atoms with Crippen molar-refractivity contribution in [1.29, 1.82) is 0 Å². The molecule has 0 heterocycles. The number of carbonyl (C=O) groups is 1. The van der Waals surface area contributed by atoms with Gasteiger partial charge in [0.2, 0.25) is 0 Å². The average molecular weight is 461 g/mol. The molecule has 0 unspecified atom stereocenters. The molecule has 2 N–H and O–H groups in total. The number of rotatable bonds is 13. The summed E-state index contributed by atoms with van der Waals surface area (Å²) in [6.45, 7) is 6.60. The summed E-state index contributed by atoms with van der Waals surface area (Å²) in [4.78, 5) is 12.8. The van der Waals surface area contributed by atoms with Gasteiger partial charge in [0, 0.05) is 16.2 Å². The molecule has 0 saturated heterocycles. The molecule has 2 aromatic carbocycles. The maximum absolute atomic E-state index is 13.2. The summed E-state index contributed by atoms with van der Waals surface area (Å²) in [6.07, 6.45) is 7.85. The first-order chi connectivity index (χ1) is 15.3. The minimum Gasteiger partial charge on any atom is -0.507 e. The Labute approximate surface area is 194 Å². The van der Waals surface area contributed by atoms with Crippen molar-refractivity contribution in [2.45, 2.75) is 69.9 Å².